The van der Waals surface area contributed by atoms with Crippen LogP contribution < -0.4 is 0 Å². The van der Waals surface area contributed by atoms with E-state index >= 15 is 0 Å². The maximum Gasteiger partial charge on any atom is 0.0919 e. The summed E-state index contributed by atoms with van der Waals surface area (Å²) >= 11 is 0. The minimum absolute atomic E-state index is 1.05. The van der Waals surface area contributed by atoms with Crippen molar-refractivity contribution < 1.29 is 0 Å². The minimum atomic E-state index is 1.05. The van der Waals surface area contributed by atoms with Crippen LogP contribution in [0.2, 0.25) is 0 Å². The second-order valence-corrected chi connectivity index (χ2v) is 2.86. The molecule has 0 amide bonds. The molecule has 72 valence electrons. The van der Waals surface area contributed by atoms with Crippen molar-refractivity contribution >= 4 is 0 Å². The first-order valence-electron chi connectivity index (χ1n) is 4.38. The molecule has 4 nitrogen and oxygen atoms in total. The second kappa shape index (κ2) is 5.24. The van der Waals surface area contributed by atoms with E-state index < -0.39 is 0 Å². The van der Waals surface area contributed by atoms with Crippen LogP contribution in [0.1, 0.15) is 6.92 Å². The first kappa shape index (κ1) is 9.64. The van der Waals surface area contributed by atoms with Gasteiger partial charge in [0.15, 0.2) is 0 Å². The highest BCUT2D eigenvalue weighted by molar-refractivity contribution is 4.87. The fourth-order valence-electron chi connectivity index (χ4n) is 1.01. The lowest BCUT2D eigenvalue weighted by molar-refractivity contribution is 0.308. The van der Waals surface area contributed by atoms with Crippen LogP contribution >= 0.6 is 0 Å². The van der Waals surface area contributed by atoms with Gasteiger partial charge in [0.1, 0.15) is 0 Å². The molecular formula is C9H16N4. The summed E-state index contributed by atoms with van der Waals surface area (Å²) in [4.78, 5) is 10.8. The smallest absolute Gasteiger partial charge is 0.0919 e. The summed E-state index contributed by atoms with van der Waals surface area (Å²) in [6, 6.07) is 0. The molecule has 1 aliphatic rings. The van der Waals surface area contributed by atoms with Gasteiger partial charge in [0.2, 0.25) is 0 Å². The van der Waals surface area contributed by atoms with Crippen LogP contribution in [0.5, 0.6) is 0 Å². The lowest BCUT2D eigenvalue weighted by atomic mass is 10.6. The van der Waals surface area contributed by atoms with Gasteiger partial charge in [-0.3, -0.25) is 0 Å². The predicted molar refractivity (Wildman–Crippen MR) is 52.7 cm³/mol. The fraction of sp³-hybridized carbons (Fsp3) is 0.444. The van der Waals surface area contributed by atoms with Gasteiger partial charge in [-0.2, -0.15) is 0 Å². The molecule has 0 radical (unpaired) electrons. The molecular weight excluding hydrogens is 164 g/mol. The average Bonchev–Trinajstić information content (AvgIpc) is 2.76. The Morgan fingerprint density at radius 2 is 2.31 bits per heavy atom. The molecule has 0 spiro atoms. The molecule has 0 atom stereocenters. The molecule has 2 heterocycles. The van der Waals surface area contributed by atoms with Crippen molar-refractivity contribution in [1.82, 2.24) is 19.8 Å². The third kappa shape index (κ3) is 3.64. The summed E-state index contributed by atoms with van der Waals surface area (Å²) in [6.07, 6.45) is 9.28. The van der Waals surface area contributed by atoms with Gasteiger partial charge >= 0.3 is 0 Å². The summed E-state index contributed by atoms with van der Waals surface area (Å²) in [7, 11) is 2.08. The van der Waals surface area contributed by atoms with Crippen LogP contribution in [0.3, 0.4) is 0 Å². The molecule has 0 aliphatic carbocycles. The van der Waals surface area contributed by atoms with E-state index in [2.05, 4.69) is 46.1 Å². The zero-order chi connectivity index (χ0) is 9.52. The summed E-state index contributed by atoms with van der Waals surface area (Å²) in [5.74, 6) is 0. The molecule has 0 saturated carbocycles. The largest absolute Gasteiger partial charge is 0.362 e. The van der Waals surface area contributed by atoms with Gasteiger partial charge in [-0.05, 0) is 6.92 Å². The van der Waals surface area contributed by atoms with E-state index in [0.29, 0.717) is 0 Å². The Labute approximate surface area is 78.9 Å². The maximum absolute atomic E-state index is 3.67. The van der Waals surface area contributed by atoms with Crippen molar-refractivity contribution in [3.8, 4) is 0 Å². The van der Waals surface area contributed by atoms with Crippen molar-refractivity contribution in [2.45, 2.75) is 6.92 Å². The number of rotatable bonds is 1. The molecule has 4 heteroatoms. The third-order valence-corrected chi connectivity index (χ3v) is 1.75. The highest BCUT2D eigenvalue weighted by Crippen LogP contribution is 2.00. The number of imidazole rings is 1. The standard InChI is InChI=1S/C6H12N2.C3H4N2/c1-3-8-5-4-7(2)6-8;1-2-5-3-4-1/h4-5H,3,6H2,1-2H3;1-3H,(H,4,5). The normalized spacial score (nSPS) is 14.3. The Morgan fingerprint density at radius 3 is 2.54 bits per heavy atom. The van der Waals surface area contributed by atoms with Gasteiger partial charge in [0.25, 0.3) is 0 Å². The van der Waals surface area contributed by atoms with E-state index in [1.54, 1.807) is 18.7 Å². The van der Waals surface area contributed by atoms with Crippen LogP contribution in [0.4, 0.5) is 0 Å². The fourth-order valence-corrected chi connectivity index (χ4v) is 1.01. The average molecular weight is 180 g/mol. The van der Waals surface area contributed by atoms with Crippen molar-refractivity contribution in [2.75, 3.05) is 20.3 Å². The molecule has 1 aromatic rings. The summed E-state index contributed by atoms with van der Waals surface area (Å²) in [6.45, 7) is 4.32. The maximum atomic E-state index is 3.67. The highest BCUT2D eigenvalue weighted by atomic mass is 15.3. The van der Waals surface area contributed by atoms with Crippen molar-refractivity contribution in [3.05, 3.63) is 31.1 Å². The van der Waals surface area contributed by atoms with E-state index in [-0.39, 0.29) is 0 Å². The van der Waals surface area contributed by atoms with Gasteiger partial charge in [-0.1, -0.05) is 0 Å². The van der Waals surface area contributed by atoms with Gasteiger partial charge in [0, 0.05) is 38.4 Å². The van der Waals surface area contributed by atoms with E-state index in [0.717, 1.165) is 13.2 Å². The Balaban J connectivity index is 0.000000145. The Kier molecular flexibility index (Phi) is 3.88. The summed E-state index contributed by atoms with van der Waals surface area (Å²) < 4.78 is 0. The topological polar surface area (TPSA) is 35.2 Å². The molecule has 1 aromatic heterocycles. The summed E-state index contributed by atoms with van der Waals surface area (Å²) in [5.41, 5.74) is 0. The van der Waals surface area contributed by atoms with E-state index in [1.165, 1.54) is 0 Å². The lowest BCUT2D eigenvalue weighted by Gasteiger charge is -2.14. The second-order valence-electron chi connectivity index (χ2n) is 2.86. The van der Waals surface area contributed by atoms with Gasteiger partial charge in [-0.15, -0.1) is 0 Å². The van der Waals surface area contributed by atoms with Crippen LogP contribution in [0.15, 0.2) is 31.1 Å². The molecule has 0 saturated heterocycles. The van der Waals surface area contributed by atoms with E-state index in [1.807, 2.05) is 0 Å². The van der Waals surface area contributed by atoms with Crippen molar-refractivity contribution in [2.24, 2.45) is 0 Å². The third-order valence-electron chi connectivity index (χ3n) is 1.75. The van der Waals surface area contributed by atoms with Crippen molar-refractivity contribution in [1.29, 1.82) is 0 Å². The Bertz CT molecular complexity index is 213. The first-order valence-corrected chi connectivity index (χ1v) is 4.38. The number of hydrogen-bond acceptors (Lipinski definition) is 3. The lowest BCUT2D eigenvalue weighted by Crippen LogP contribution is -2.21. The van der Waals surface area contributed by atoms with E-state index in [4.69, 9.17) is 0 Å². The molecule has 0 aromatic carbocycles. The monoisotopic (exact) mass is 180 g/mol. The zero-order valence-corrected chi connectivity index (χ0v) is 8.14. The molecule has 0 unspecified atom stereocenters. The zero-order valence-electron chi connectivity index (χ0n) is 8.14. The SMILES string of the molecule is CCN1C=CN(C)C1.c1c[nH]cn1. The minimum Gasteiger partial charge on any atom is -0.362 e. The van der Waals surface area contributed by atoms with Crippen molar-refractivity contribution in [3.63, 3.8) is 0 Å². The van der Waals surface area contributed by atoms with Crippen LogP contribution in [-0.4, -0.2) is 40.0 Å². The number of nitrogens with one attached hydrogen (secondary N) is 1. The highest BCUT2D eigenvalue weighted by Gasteiger charge is 2.03. The first-order chi connectivity index (χ1) is 6.33. The molecule has 1 aliphatic heterocycles. The number of aromatic amines is 1. The number of aromatic nitrogens is 2. The molecule has 1 N–H and O–H groups in total. The van der Waals surface area contributed by atoms with Gasteiger partial charge in [0.05, 0.1) is 13.0 Å². The molecule has 13 heavy (non-hydrogen) atoms. The number of H-pyrrole nitrogens is 1. The number of hydrogen-bond donors (Lipinski definition) is 1. The van der Waals surface area contributed by atoms with Crippen LogP contribution in [0.25, 0.3) is 0 Å². The van der Waals surface area contributed by atoms with Crippen LogP contribution in [-0.2, 0) is 0 Å². The van der Waals surface area contributed by atoms with Gasteiger partial charge < -0.3 is 14.8 Å². The van der Waals surface area contributed by atoms with E-state index in [9.17, 15) is 0 Å². The molecule has 2 rings (SSSR count). The van der Waals surface area contributed by atoms with Crippen LogP contribution in [0, 0.1) is 0 Å². The van der Waals surface area contributed by atoms with Gasteiger partial charge in [-0.25, -0.2) is 4.98 Å². The predicted octanol–water partition coefficient (Wildman–Crippen LogP) is 1.09. The molecule has 0 bridgehead atoms. The summed E-state index contributed by atoms with van der Waals surface area (Å²) in [5, 5.41) is 0. The Morgan fingerprint density at radius 1 is 1.46 bits per heavy atom. The molecule has 0 fully saturated rings. The quantitative estimate of drug-likeness (QED) is 0.702. The Hall–Kier alpha value is -1.45. The number of nitrogens with zero attached hydrogens (tertiary/aromatic N) is 3.